The van der Waals surface area contributed by atoms with Gasteiger partial charge in [0.05, 0.1) is 0 Å². The fraction of sp³-hybridized carbons (Fsp3) is 0. The van der Waals surface area contributed by atoms with Gasteiger partial charge >= 0.3 is 23.8 Å². The summed E-state index contributed by atoms with van der Waals surface area (Å²) in [5, 5.41) is 0. The van der Waals surface area contributed by atoms with Gasteiger partial charge in [-0.3, -0.25) is 4.89 Å². The monoisotopic (exact) mass is 239 g/mol. The van der Waals surface area contributed by atoms with Crippen molar-refractivity contribution in [3.63, 3.8) is 0 Å². The van der Waals surface area contributed by atoms with Crippen molar-refractivity contribution in [2.45, 2.75) is 0 Å². The topological polar surface area (TPSA) is 159 Å². The van der Waals surface area contributed by atoms with Gasteiger partial charge in [0.1, 0.15) is 0 Å². The van der Waals surface area contributed by atoms with Crippen molar-refractivity contribution in [3.05, 3.63) is 0 Å². The van der Waals surface area contributed by atoms with E-state index >= 15 is 0 Å². The molecule has 4 N–H and O–H groups in total. The molecular weight excluding hydrogens is 235 g/mol. The lowest BCUT2D eigenvalue weighted by atomic mass is 13.9. The van der Waals surface area contributed by atoms with Crippen molar-refractivity contribution in [3.8, 4) is 0 Å². The minimum atomic E-state index is -5.10. The van der Waals surface area contributed by atoms with Crippen LogP contribution in [0.15, 0.2) is 0 Å². The minimum Gasteiger partial charge on any atom is -0.566 e. The van der Waals surface area contributed by atoms with E-state index in [1.807, 2.05) is 0 Å². The van der Waals surface area contributed by atoms with E-state index in [9.17, 15) is 18.6 Å². The number of phosphoric acid groups is 1. The lowest BCUT2D eigenvalue weighted by Gasteiger charge is -2.06. The summed E-state index contributed by atoms with van der Waals surface area (Å²) in [6.45, 7) is 0. The maximum atomic E-state index is 10.4. The third-order valence-electron chi connectivity index (χ3n) is 0.390. The largest absolute Gasteiger partial charge is 0.566 e. The Kier molecular flexibility index (Phi) is 4.13. The van der Waals surface area contributed by atoms with Crippen LogP contribution >= 0.6 is 23.8 Å². The van der Waals surface area contributed by atoms with Crippen LogP contribution in [0.3, 0.4) is 0 Å². The molecule has 0 saturated carbocycles. The molecule has 0 radical (unpaired) electrons. The first-order valence-corrected chi connectivity index (χ1v) is 6.36. The molecule has 72 valence electrons. The van der Waals surface area contributed by atoms with E-state index in [1.54, 1.807) is 0 Å². The molecule has 12 heavy (non-hydrogen) atoms. The molecule has 3 atom stereocenters. The van der Waals surface area contributed by atoms with Gasteiger partial charge in [0, 0.05) is 0 Å². The van der Waals surface area contributed by atoms with Crippen molar-refractivity contribution in [2.75, 3.05) is 0 Å². The molecule has 9 nitrogen and oxygen atoms in total. The molecule has 0 amide bonds. The van der Waals surface area contributed by atoms with E-state index < -0.39 is 23.8 Å². The number of hydrogen-bond donors (Lipinski definition) is 3. The third-order valence-corrected chi connectivity index (χ3v) is 3.51. The second kappa shape index (κ2) is 4.02. The fourth-order valence-corrected chi connectivity index (χ4v) is 2.49. The summed E-state index contributed by atoms with van der Waals surface area (Å²) >= 11 is 0. The zero-order valence-corrected chi connectivity index (χ0v) is 7.95. The molecule has 0 rings (SSSR count). The molecular formula is H4NO8P3. The first kappa shape index (κ1) is 12.3. The molecule has 0 aliphatic carbocycles. The van der Waals surface area contributed by atoms with Gasteiger partial charge in [-0.05, 0) is 8.88 Å². The van der Waals surface area contributed by atoms with E-state index in [0.29, 0.717) is 0 Å². The summed E-state index contributed by atoms with van der Waals surface area (Å²) in [6, 6.07) is 0. The summed E-state index contributed by atoms with van der Waals surface area (Å²) < 4.78 is 36.7. The van der Waals surface area contributed by atoms with Gasteiger partial charge in [0.25, 0.3) is 0 Å². The molecule has 0 saturated heterocycles. The van der Waals surface area contributed by atoms with Gasteiger partial charge in [-0.25, -0.2) is 14.6 Å². The van der Waals surface area contributed by atoms with E-state index in [2.05, 4.69) is 14.1 Å². The summed E-state index contributed by atoms with van der Waals surface area (Å²) in [6.07, 6.45) is 0. The van der Waals surface area contributed by atoms with Crippen molar-refractivity contribution >= 4 is 23.8 Å². The fourth-order valence-electron chi connectivity index (χ4n) is 0.247. The Balaban J connectivity index is 4.35. The van der Waals surface area contributed by atoms with E-state index in [0.717, 1.165) is 0 Å². The van der Waals surface area contributed by atoms with Gasteiger partial charge in [0.15, 0.2) is 0 Å². The zero-order chi connectivity index (χ0) is 9.99. The van der Waals surface area contributed by atoms with Crippen LogP contribution in [0.25, 0.3) is 0 Å². The molecule has 0 heterocycles. The Morgan fingerprint density at radius 3 is 2.08 bits per heavy atom. The number of rotatable bonds is 4. The molecule has 3 unspecified atom stereocenters. The maximum Gasteiger partial charge on any atom is 0.523 e. The average Bonchev–Trinajstić information content (AvgIpc) is 1.48. The normalized spacial score (nSPS) is 22.5. The quantitative estimate of drug-likeness (QED) is 0.533. The van der Waals surface area contributed by atoms with Crippen molar-refractivity contribution in [1.82, 2.24) is 0 Å². The van der Waals surface area contributed by atoms with Crippen LogP contribution in [0.4, 0.5) is 0 Å². The van der Waals surface area contributed by atoms with Crippen LogP contribution in [0.2, 0.25) is 0 Å². The van der Waals surface area contributed by atoms with Crippen molar-refractivity contribution < 1.29 is 37.0 Å². The van der Waals surface area contributed by atoms with Gasteiger partial charge in [0.2, 0.25) is 0 Å². The van der Waals surface area contributed by atoms with Crippen molar-refractivity contribution in [2.24, 2.45) is 5.50 Å². The molecule has 0 aromatic heterocycles. The third kappa shape index (κ3) is 7.00. The predicted molar refractivity (Wildman–Crippen MR) is 33.6 cm³/mol. The summed E-state index contributed by atoms with van der Waals surface area (Å²) in [4.78, 5) is 26.2. The Morgan fingerprint density at radius 2 is 1.83 bits per heavy atom. The second-order valence-corrected chi connectivity index (χ2v) is 5.24. The van der Waals surface area contributed by atoms with E-state index in [-0.39, 0.29) is 0 Å². The molecule has 0 aromatic carbocycles. The van der Waals surface area contributed by atoms with Gasteiger partial charge in [-0.2, -0.15) is 4.31 Å². The highest BCUT2D eigenvalue weighted by Gasteiger charge is 2.36. The lowest BCUT2D eigenvalue weighted by molar-refractivity contribution is -0.179. The summed E-state index contributed by atoms with van der Waals surface area (Å²) in [5.74, 6) is 0. The molecule has 12 heteroatoms. The SMILES string of the molecule is NP(=O)(O)OP(=O)(O)O[P+](=O)[O-]. The number of hydrogen-bond acceptors (Lipinski definition) is 6. The standard InChI is InChI=1S/H4NO8P3/c1-11(4,5)9-12(6,7)8-10(2)3/h(H,6,7)(H3,1,4,5). The first-order chi connectivity index (χ1) is 5.12. The maximum absolute atomic E-state index is 10.4. The first-order valence-electron chi connectivity index (χ1n) is 2.12. The Morgan fingerprint density at radius 1 is 1.42 bits per heavy atom. The molecule has 0 aliphatic rings. The molecule has 0 bridgehead atoms. The van der Waals surface area contributed by atoms with Gasteiger partial charge < -0.3 is 9.79 Å². The highest BCUT2D eigenvalue weighted by Crippen LogP contribution is 2.58. The van der Waals surface area contributed by atoms with Gasteiger partial charge in [-0.15, -0.1) is 0 Å². The zero-order valence-electron chi connectivity index (χ0n) is 5.26. The highest BCUT2D eigenvalue weighted by molar-refractivity contribution is 7.65. The van der Waals surface area contributed by atoms with Crippen LogP contribution in [0.5, 0.6) is 0 Å². The van der Waals surface area contributed by atoms with E-state index in [4.69, 9.17) is 9.79 Å². The summed E-state index contributed by atoms with van der Waals surface area (Å²) in [5.41, 5.74) is 4.28. The minimum absolute atomic E-state index is 3.24. The average molecular weight is 239 g/mol. The van der Waals surface area contributed by atoms with Crippen LogP contribution in [0.1, 0.15) is 0 Å². The Bertz CT molecular complexity index is 261. The smallest absolute Gasteiger partial charge is 0.523 e. The van der Waals surface area contributed by atoms with Crippen molar-refractivity contribution in [1.29, 1.82) is 0 Å². The van der Waals surface area contributed by atoms with Gasteiger partial charge in [-0.1, -0.05) is 0 Å². The molecule has 0 aliphatic heterocycles. The Labute approximate surface area is 67.3 Å². The lowest BCUT2D eigenvalue weighted by Crippen LogP contribution is -1.99. The summed E-state index contributed by atoms with van der Waals surface area (Å²) in [7, 11) is -13.5. The van der Waals surface area contributed by atoms with Crippen LogP contribution in [-0.4, -0.2) is 9.79 Å². The molecule has 0 spiro atoms. The highest BCUT2D eigenvalue weighted by atomic mass is 31.3. The van der Waals surface area contributed by atoms with Crippen LogP contribution < -0.4 is 10.4 Å². The number of nitrogens with two attached hydrogens (primary N) is 1. The van der Waals surface area contributed by atoms with Crippen LogP contribution in [0, 0.1) is 0 Å². The van der Waals surface area contributed by atoms with Crippen LogP contribution in [-0.2, 0) is 22.3 Å². The predicted octanol–water partition coefficient (Wildman–Crippen LogP) is -0.803. The molecule has 0 aromatic rings. The second-order valence-electron chi connectivity index (χ2n) is 1.42. The molecule has 0 fully saturated rings. The van der Waals surface area contributed by atoms with E-state index in [1.165, 1.54) is 0 Å². The Hall–Kier alpha value is 0.320.